The lowest BCUT2D eigenvalue weighted by Crippen LogP contribution is -2.56. The number of ether oxygens (including phenoxy) is 2. The third-order valence-electron chi connectivity index (χ3n) is 6.35. The van der Waals surface area contributed by atoms with Crippen molar-refractivity contribution < 1.29 is 70.1 Å². The van der Waals surface area contributed by atoms with Crippen LogP contribution in [0.2, 0.25) is 0 Å². The van der Waals surface area contributed by atoms with E-state index < -0.39 is 100 Å². The molecule has 212 valence electrons. The normalized spacial score (nSPS) is 22.5. The number of rotatable bonds is 6. The number of ketones is 1. The molecule has 10 N–H and O–H groups in total. The fourth-order valence-corrected chi connectivity index (χ4v) is 4.29. The number of aromatic hydroxyl groups is 7. The minimum absolute atomic E-state index is 0.0942. The lowest BCUT2D eigenvalue weighted by molar-refractivity contribution is -0.232. The molecule has 1 saturated heterocycles. The fraction of sp³-hybridized carbons (Fsp3) is 0.231. The Labute approximate surface area is 224 Å². The van der Waals surface area contributed by atoms with Crippen molar-refractivity contribution in [2.45, 2.75) is 30.5 Å². The van der Waals surface area contributed by atoms with Gasteiger partial charge in [-0.1, -0.05) is 0 Å². The molecule has 0 aromatic heterocycles. The minimum atomic E-state index is -2.02. The van der Waals surface area contributed by atoms with Gasteiger partial charge < -0.3 is 60.5 Å². The molecule has 40 heavy (non-hydrogen) atoms. The number of esters is 1. The number of hydrogen-bond donors (Lipinski definition) is 10. The van der Waals surface area contributed by atoms with Gasteiger partial charge >= 0.3 is 5.97 Å². The van der Waals surface area contributed by atoms with E-state index in [9.17, 15) is 60.7 Å². The number of phenolic OH excluding ortho intramolecular Hbond substituents is 7. The molecular formula is C26H24O14. The molecule has 14 heteroatoms. The number of phenols is 7. The lowest BCUT2D eigenvalue weighted by Gasteiger charge is -2.42. The maximum Gasteiger partial charge on any atom is 0.338 e. The molecule has 0 bridgehead atoms. The largest absolute Gasteiger partial charge is 0.508 e. The van der Waals surface area contributed by atoms with E-state index in [0.29, 0.717) is 6.07 Å². The summed E-state index contributed by atoms with van der Waals surface area (Å²) in [6, 6.07) is 6.84. The Kier molecular flexibility index (Phi) is 7.61. The summed E-state index contributed by atoms with van der Waals surface area (Å²) in [5.41, 5.74) is -2.02. The van der Waals surface area contributed by atoms with Crippen LogP contribution in [0.4, 0.5) is 0 Å². The van der Waals surface area contributed by atoms with Crippen LogP contribution in [0.15, 0.2) is 42.5 Å². The van der Waals surface area contributed by atoms with Gasteiger partial charge in [-0.25, -0.2) is 4.79 Å². The summed E-state index contributed by atoms with van der Waals surface area (Å²) in [6.07, 6.45) is -9.25. The van der Waals surface area contributed by atoms with E-state index in [0.717, 1.165) is 12.1 Å². The van der Waals surface area contributed by atoms with Crippen molar-refractivity contribution in [2.75, 3.05) is 6.61 Å². The first-order valence-corrected chi connectivity index (χ1v) is 11.6. The number of benzene rings is 3. The first kappa shape index (κ1) is 28.3. The van der Waals surface area contributed by atoms with Gasteiger partial charge in [0.1, 0.15) is 53.0 Å². The Morgan fingerprint density at radius 2 is 1.35 bits per heavy atom. The number of carbonyl (C=O) groups is 2. The van der Waals surface area contributed by atoms with Gasteiger partial charge in [-0.2, -0.15) is 0 Å². The van der Waals surface area contributed by atoms with Gasteiger partial charge in [0.2, 0.25) is 5.78 Å². The van der Waals surface area contributed by atoms with Crippen molar-refractivity contribution >= 4 is 11.8 Å². The molecule has 0 spiro atoms. The summed E-state index contributed by atoms with van der Waals surface area (Å²) < 4.78 is 10.8. The van der Waals surface area contributed by atoms with Gasteiger partial charge in [0, 0.05) is 11.6 Å². The molecule has 3 aromatic carbocycles. The first-order valence-electron chi connectivity index (χ1n) is 11.6. The average molecular weight is 560 g/mol. The third-order valence-corrected chi connectivity index (χ3v) is 6.35. The molecule has 1 fully saturated rings. The molecule has 0 amide bonds. The van der Waals surface area contributed by atoms with E-state index in [2.05, 4.69) is 0 Å². The molecule has 5 atom stereocenters. The summed E-state index contributed by atoms with van der Waals surface area (Å²) >= 11 is 0. The van der Waals surface area contributed by atoms with E-state index in [1.807, 2.05) is 0 Å². The van der Waals surface area contributed by atoms with Crippen LogP contribution < -0.4 is 0 Å². The second-order valence-corrected chi connectivity index (χ2v) is 8.92. The molecule has 1 heterocycles. The lowest BCUT2D eigenvalue weighted by atomic mass is 9.88. The molecule has 0 saturated carbocycles. The van der Waals surface area contributed by atoms with E-state index in [4.69, 9.17) is 9.47 Å². The van der Waals surface area contributed by atoms with Crippen LogP contribution in [0.1, 0.15) is 37.9 Å². The minimum Gasteiger partial charge on any atom is -0.508 e. The maximum atomic E-state index is 13.1. The molecule has 3 aromatic rings. The second kappa shape index (κ2) is 10.8. The summed E-state index contributed by atoms with van der Waals surface area (Å²) in [5, 5.41) is 101. The van der Waals surface area contributed by atoms with E-state index in [1.54, 1.807) is 0 Å². The number of hydrogen-bond acceptors (Lipinski definition) is 14. The van der Waals surface area contributed by atoms with Gasteiger partial charge in [-0.3, -0.25) is 4.79 Å². The van der Waals surface area contributed by atoms with E-state index in [-0.39, 0.29) is 11.3 Å². The van der Waals surface area contributed by atoms with E-state index >= 15 is 0 Å². The van der Waals surface area contributed by atoms with Crippen molar-refractivity contribution in [1.29, 1.82) is 0 Å². The van der Waals surface area contributed by atoms with Crippen molar-refractivity contribution in [3.8, 4) is 40.2 Å². The molecule has 4 rings (SSSR count). The third kappa shape index (κ3) is 4.99. The van der Waals surface area contributed by atoms with Crippen molar-refractivity contribution in [3.05, 3.63) is 64.7 Å². The average Bonchev–Trinajstić information content (AvgIpc) is 2.90. The fourth-order valence-electron chi connectivity index (χ4n) is 4.29. The quantitative estimate of drug-likeness (QED) is 0.110. The number of aliphatic hydroxyl groups is 3. The Bertz CT molecular complexity index is 1430. The highest BCUT2D eigenvalue weighted by Crippen LogP contribution is 2.47. The molecular weight excluding hydrogens is 536 g/mol. The molecule has 0 radical (unpaired) electrons. The van der Waals surface area contributed by atoms with Crippen LogP contribution in [-0.2, 0) is 9.47 Å². The van der Waals surface area contributed by atoms with Gasteiger partial charge in [-0.05, 0) is 36.4 Å². The summed E-state index contributed by atoms with van der Waals surface area (Å²) in [7, 11) is 0. The van der Waals surface area contributed by atoms with Crippen LogP contribution in [0.25, 0.3) is 0 Å². The summed E-state index contributed by atoms with van der Waals surface area (Å²) in [5.74, 6) is -7.99. The predicted octanol–water partition coefficient (Wildman–Crippen LogP) is 0.236. The maximum absolute atomic E-state index is 13.1. The van der Waals surface area contributed by atoms with Crippen LogP contribution in [0, 0.1) is 0 Å². The van der Waals surface area contributed by atoms with Crippen LogP contribution in [0.5, 0.6) is 40.2 Å². The number of carbonyl (C=O) groups excluding carboxylic acids is 2. The van der Waals surface area contributed by atoms with Crippen molar-refractivity contribution in [3.63, 3.8) is 0 Å². The van der Waals surface area contributed by atoms with Gasteiger partial charge in [-0.15, -0.1) is 0 Å². The zero-order valence-electron chi connectivity index (χ0n) is 20.2. The molecule has 0 aliphatic carbocycles. The van der Waals surface area contributed by atoms with E-state index in [1.165, 1.54) is 24.3 Å². The van der Waals surface area contributed by atoms with Gasteiger partial charge in [0.25, 0.3) is 0 Å². The van der Waals surface area contributed by atoms with Crippen LogP contribution in [0.3, 0.4) is 0 Å². The summed E-state index contributed by atoms with van der Waals surface area (Å²) in [4.78, 5) is 26.0. The Balaban J connectivity index is 1.80. The highest BCUT2D eigenvalue weighted by molar-refractivity contribution is 6.13. The standard InChI is InChI=1S/C26H24O14/c27-8-16-21(35)23(37)25(40-26(38)10-5-14(31)20(34)15(32)6-10)24(39-16)18-13(30)7-12(29)17(22(18)36)19(33)9-1-3-11(28)4-2-9/h1-7,16,21,23-25,27-32,34-37H,8H2/t16-,21+,23+,24+,25-/m0/s1. The molecule has 1 aliphatic heterocycles. The summed E-state index contributed by atoms with van der Waals surface area (Å²) in [6.45, 7) is -0.881. The van der Waals surface area contributed by atoms with Crippen molar-refractivity contribution in [1.82, 2.24) is 0 Å². The number of aliphatic hydroxyl groups excluding tert-OH is 3. The monoisotopic (exact) mass is 560 g/mol. The Morgan fingerprint density at radius 1 is 0.750 bits per heavy atom. The van der Waals surface area contributed by atoms with Gasteiger partial charge in [0.15, 0.2) is 23.4 Å². The Morgan fingerprint density at radius 3 is 1.93 bits per heavy atom. The SMILES string of the molecule is O=C(O[C@H]1[C@H](O)[C@H](O)[C@H](CO)O[C@@H]1c1c(O)cc(O)c(C(=O)c2ccc(O)cc2)c1O)c1cc(O)c(O)c(O)c1. The molecule has 1 aliphatic rings. The molecule has 14 nitrogen and oxygen atoms in total. The zero-order valence-corrected chi connectivity index (χ0v) is 20.2. The van der Waals surface area contributed by atoms with Crippen LogP contribution in [-0.4, -0.2) is 93.8 Å². The van der Waals surface area contributed by atoms with Crippen molar-refractivity contribution in [2.24, 2.45) is 0 Å². The molecule has 0 unspecified atom stereocenters. The zero-order chi connectivity index (χ0) is 29.5. The van der Waals surface area contributed by atoms with Crippen LogP contribution >= 0.6 is 0 Å². The second-order valence-electron chi connectivity index (χ2n) is 8.92. The highest BCUT2D eigenvalue weighted by Gasteiger charge is 2.49. The highest BCUT2D eigenvalue weighted by atomic mass is 16.6. The Hall–Kier alpha value is -4.76. The predicted molar refractivity (Wildman–Crippen MR) is 130 cm³/mol. The smallest absolute Gasteiger partial charge is 0.338 e. The van der Waals surface area contributed by atoms with Gasteiger partial charge in [0.05, 0.1) is 17.7 Å². The topological polar surface area (TPSA) is 255 Å². The first-order chi connectivity index (χ1) is 18.8.